The number of rotatable bonds is 2. The third-order valence-electron chi connectivity index (χ3n) is 2.85. The predicted molar refractivity (Wildman–Crippen MR) is 65.9 cm³/mol. The lowest BCUT2D eigenvalue weighted by molar-refractivity contribution is 0.278. The molecule has 5 nitrogen and oxygen atoms in total. The summed E-state index contributed by atoms with van der Waals surface area (Å²) in [4.78, 5) is 12.2. The molecule has 1 N–H and O–H groups in total. The van der Waals surface area contributed by atoms with E-state index in [1.165, 1.54) is 11.7 Å². The molecule has 90 valence electrons. The number of hydroxylamine groups is 1. The summed E-state index contributed by atoms with van der Waals surface area (Å²) in [5.41, 5.74) is 1.54. The Morgan fingerprint density at radius 3 is 2.29 bits per heavy atom. The Balaban J connectivity index is 2.73. The van der Waals surface area contributed by atoms with Crippen molar-refractivity contribution in [2.45, 2.75) is 6.92 Å². The van der Waals surface area contributed by atoms with E-state index in [1.54, 1.807) is 18.7 Å². The van der Waals surface area contributed by atoms with Gasteiger partial charge in [-0.25, -0.2) is 4.68 Å². The van der Waals surface area contributed by atoms with Crippen molar-refractivity contribution in [3.05, 3.63) is 46.4 Å². The van der Waals surface area contributed by atoms with Gasteiger partial charge in [0.2, 0.25) is 0 Å². The number of anilines is 1. The molecule has 0 aliphatic rings. The van der Waals surface area contributed by atoms with Gasteiger partial charge in [0.05, 0.1) is 11.4 Å². The number of nitrogens with zero attached hydrogens (tertiary/aromatic N) is 3. The number of para-hydroxylation sites is 1. The predicted octanol–water partition coefficient (Wildman–Crippen LogP) is 1.31. The second-order valence-electron chi connectivity index (χ2n) is 3.93. The maximum atomic E-state index is 12.2. The fourth-order valence-electron chi connectivity index (χ4n) is 1.93. The van der Waals surface area contributed by atoms with E-state index in [4.69, 9.17) is 0 Å². The molecular formula is C12H15N3O2. The van der Waals surface area contributed by atoms with Gasteiger partial charge in [0, 0.05) is 14.1 Å². The third-order valence-corrected chi connectivity index (χ3v) is 2.85. The molecule has 0 aliphatic carbocycles. The van der Waals surface area contributed by atoms with Crippen LogP contribution in [-0.4, -0.2) is 21.6 Å². The summed E-state index contributed by atoms with van der Waals surface area (Å²) in [6, 6.07) is 9.33. The number of hydrogen-bond acceptors (Lipinski definition) is 3. The van der Waals surface area contributed by atoms with Crippen LogP contribution in [0.4, 0.5) is 5.69 Å². The van der Waals surface area contributed by atoms with Crippen LogP contribution in [0, 0.1) is 6.92 Å². The molecule has 0 spiro atoms. The molecule has 0 saturated heterocycles. The van der Waals surface area contributed by atoms with E-state index >= 15 is 0 Å². The van der Waals surface area contributed by atoms with Crippen LogP contribution >= 0.6 is 0 Å². The molecule has 2 aromatic rings. The molecule has 1 aromatic heterocycles. The minimum atomic E-state index is -0.235. The molecule has 0 aliphatic heterocycles. The fourth-order valence-corrected chi connectivity index (χ4v) is 1.93. The van der Waals surface area contributed by atoms with Gasteiger partial charge in [0.1, 0.15) is 0 Å². The molecule has 5 heteroatoms. The lowest BCUT2D eigenvalue weighted by Crippen LogP contribution is -2.23. The molecule has 1 heterocycles. The van der Waals surface area contributed by atoms with Crippen LogP contribution in [0.3, 0.4) is 0 Å². The molecule has 0 radical (unpaired) electrons. The van der Waals surface area contributed by atoms with Gasteiger partial charge in [-0.2, -0.15) is 0 Å². The van der Waals surface area contributed by atoms with E-state index in [2.05, 4.69) is 0 Å². The topological polar surface area (TPSA) is 50.4 Å². The standard InChI is InChI=1S/C12H15N3O2/c1-9-11(14(3)17)12(16)15(13(9)2)10-7-5-4-6-8-10/h4-8,17H,1-3H3. The zero-order chi connectivity index (χ0) is 12.6. The van der Waals surface area contributed by atoms with Crippen LogP contribution < -0.4 is 10.6 Å². The zero-order valence-electron chi connectivity index (χ0n) is 10.1. The van der Waals surface area contributed by atoms with E-state index in [1.807, 2.05) is 30.3 Å². The van der Waals surface area contributed by atoms with Crippen molar-refractivity contribution < 1.29 is 5.21 Å². The average molecular weight is 233 g/mol. The maximum absolute atomic E-state index is 12.2. The van der Waals surface area contributed by atoms with Gasteiger partial charge < -0.3 is 0 Å². The fraction of sp³-hybridized carbons (Fsp3) is 0.250. The highest BCUT2D eigenvalue weighted by atomic mass is 16.5. The Hall–Kier alpha value is -2.01. The molecule has 1 aromatic carbocycles. The SMILES string of the molecule is Cc1c(N(C)O)c(=O)n(-c2ccccc2)n1C. The summed E-state index contributed by atoms with van der Waals surface area (Å²) < 4.78 is 3.25. The minimum absolute atomic E-state index is 0.235. The zero-order valence-corrected chi connectivity index (χ0v) is 10.1. The Morgan fingerprint density at radius 1 is 1.24 bits per heavy atom. The van der Waals surface area contributed by atoms with Crippen LogP contribution in [0.25, 0.3) is 5.69 Å². The first-order valence-corrected chi connectivity index (χ1v) is 5.30. The summed E-state index contributed by atoms with van der Waals surface area (Å²) in [5, 5.41) is 10.3. The van der Waals surface area contributed by atoms with Crippen molar-refractivity contribution in [3.8, 4) is 5.69 Å². The Labute approximate surface area is 99.1 Å². The Bertz CT molecular complexity index is 582. The van der Waals surface area contributed by atoms with Gasteiger partial charge in [0.15, 0.2) is 5.69 Å². The van der Waals surface area contributed by atoms with Crippen LogP contribution in [0.15, 0.2) is 35.1 Å². The first kappa shape index (κ1) is 11.5. The van der Waals surface area contributed by atoms with Gasteiger partial charge in [-0.05, 0) is 19.1 Å². The second-order valence-corrected chi connectivity index (χ2v) is 3.93. The highest BCUT2D eigenvalue weighted by Crippen LogP contribution is 2.15. The van der Waals surface area contributed by atoms with Gasteiger partial charge >= 0.3 is 0 Å². The van der Waals surface area contributed by atoms with Crippen molar-refractivity contribution in [1.82, 2.24) is 9.36 Å². The molecule has 0 amide bonds. The van der Waals surface area contributed by atoms with Crippen molar-refractivity contribution in [3.63, 3.8) is 0 Å². The molecule has 0 unspecified atom stereocenters. The third kappa shape index (κ3) is 1.74. The smallest absolute Gasteiger partial charge is 0.288 e. The van der Waals surface area contributed by atoms with Crippen molar-refractivity contribution >= 4 is 5.69 Å². The summed E-state index contributed by atoms with van der Waals surface area (Å²) in [6.45, 7) is 1.79. The van der Waals surface area contributed by atoms with E-state index in [9.17, 15) is 10.0 Å². The van der Waals surface area contributed by atoms with Crippen molar-refractivity contribution in [2.24, 2.45) is 7.05 Å². The second kappa shape index (κ2) is 4.10. The highest BCUT2D eigenvalue weighted by Gasteiger charge is 2.17. The average Bonchev–Trinajstić information content (AvgIpc) is 2.51. The quantitative estimate of drug-likeness (QED) is 0.796. The van der Waals surface area contributed by atoms with Gasteiger partial charge in [-0.15, -0.1) is 0 Å². The molecule has 0 saturated carbocycles. The summed E-state index contributed by atoms with van der Waals surface area (Å²) in [5.74, 6) is 0. The van der Waals surface area contributed by atoms with Gasteiger partial charge in [-0.1, -0.05) is 18.2 Å². The van der Waals surface area contributed by atoms with Gasteiger partial charge in [-0.3, -0.25) is 19.7 Å². The van der Waals surface area contributed by atoms with Crippen LogP contribution in [0.1, 0.15) is 5.69 Å². The van der Waals surface area contributed by atoms with Crippen LogP contribution in [0.5, 0.6) is 0 Å². The van der Waals surface area contributed by atoms with Crippen molar-refractivity contribution in [1.29, 1.82) is 0 Å². The molecular weight excluding hydrogens is 218 g/mol. The summed E-state index contributed by atoms with van der Waals surface area (Å²) in [6.07, 6.45) is 0. The summed E-state index contributed by atoms with van der Waals surface area (Å²) in [7, 11) is 3.23. The Morgan fingerprint density at radius 2 is 1.82 bits per heavy atom. The Kier molecular flexibility index (Phi) is 2.77. The van der Waals surface area contributed by atoms with Crippen molar-refractivity contribution in [2.75, 3.05) is 12.1 Å². The lowest BCUT2D eigenvalue weighted by atomic mass is 10.3. The minimum Gasteiger partial charge on any atom is -0.288 e. The van der Waals surface area contributed by atoms with E-state index in [-0.39, 0.29) is 11.2 Å². The molecule has 17 heavy (non-hydrogen) atoms. The van der Waals surface area contributed by atoms with Crippen LogP contribution in [-0.2, 0) is 7.05 Å². The van der Waals surface area contributed by atoms with E-state index < -0.39 is 0 Å². The van der Waals surface area contributed by atoms with Crippen LogP contribution in [0.2, 0.25) is 0 Å². The number of benzene rings is 1. The largest absolute Gasteiger partial charge is 0.297 e. The van der Waals surface area contributed by atoms with E-state index in [0.717, 1.165) is 10.8 Å². The number of hydrogen-bond donors (Lipinski definition) is 1. The molecule has 0 bridgehead atoms. The lowest BCUT2D eigenvalue weighted by Gasteiger charge is -2.07. The van der Waals surface area contributed by atoms with Gasteiger partial charge in [0.25, 0.3) is 5.56 Å². The molecule has 2 rings (SSSR count). The number of aromatic nitrogens is 2. The summed E-state index contributed by atoms with van der Waals surface area (Å²) >= 11 is 0. The maximum Gasteiger partial charge on any atom is 0.297 e. The monoisotopic (exact) mass is 233 g/mol. The molecule has 0 atom stereocenters. The molecule has 0 fully saturated rings. The highest BCUT2D eigenvalue weighted by molar-refractivity contribution is 5.48. The normalized spacial score (nSPS) is 10.6. The first-order valence-electron chi connectivity index (χ1n) is 5.30. The first-order chi connectivity index (χ1) is 8.04. The van der Waals surface area contributed by atoms with E-state index in [0.29, 0.717) is 5.69 Å².